The molecule has 0 unspecified atom stereocenters. The summed E-state index contributed by atoms with van der Waals surface area (Å²) >= 11 is 0. The number of benzene rings is 1. The highest BCUT2D eigenvalue weighted by atomic mass is 127. The summed E-state index contributed by atoms with van der Waals surface area (Å²) in [6.45, 7) is 7.29. The first-order chi connectivity index (χ1) is 14.9. The average Bonchev–Trinajstić information content (AvgIpc) is 3.13. The van der Waals surface area contributed by atoms with Crippen molar-refractivity contribution in [2.45, 2.75) is 45.7 Å². The summed E-state index contributed by atoms with van der Waals surface area (Å²) in [6, 6.07) is 13.1. The van der Waals surface area contributed by atoms with Crippen LogP contribution in [0.1, 0.15) is 37.7 Å². The van der Waals surface area contributed by atoms with Crippen LogP contribution in [0.15, 0.2) is 53.7 Å². The second-order valence-corrected chi connectivity index (χ2v) is 9.20. The van der Waals surface area contributed by atoms with Crippen molar-refractivity contribution in [2.75, 3.05) is 6.54 Å². The molecule has 3 aromatic rings. The highest BCUT2D eigenvalue weighted by Gasteiger charge is 2.12. The number of sulfonamides is 1. The fourth-order valence-corrected chi connectivity index (χ4v) is 4.48. The Hall–Kier alpha value is -2.25. The van der Waals surface area contributed by atoms with E-state index >= 15 is 0 Å². The van der Waals surface area contributed by atoms with Gasteiger partial charge < -0.3 is 10.6 Å². The summed E-state index contributed by atoms with van der Waals surface area (Å²) < 4.78 is 28.7. The van der Waals surface area contributed by atoms with Gasteiger partial charge in [-0.3, -0.25) is 4.40 Å². The SMILES string of the molecule is CCNC(=NCc1ccc(CS(=O)(=O)NC(C)C)cc1)NCc1nnc2ccccn12.I. The molecule has 3 rings (SSSR count). The maximum Gasteiger partial charge on any atom is 0.216 e. The first-order valence-corrected chi connectivity index (χ1v) is 11.9. The van der Waals surface area contributed by atoms with E-state index in [1.165, 1.54) is 0 Å². The average molecular weight is 571 g/mol. The number of nitrogens with one attached hydrogen (secondary N) is 3. The van der Waals surface area contributed by atoms with Crippen molar-refractivity contribution < 1.29 is 8.42 Å². The number of fused-ring (bicyclic) bond motifs is 1. The van der Waals surface area contributed by atoms with Crippen molar-refractivity contribution >= 4 is 45.6 Å². The van der Waals surface area contributed by atoms with Crippen LogP contribution in [0.3, 0.4) is 0 Å². The number of hydrogen-bond acceptors (Lipinski definition) is 5. The maximum absolute atomic E-state index is 12.1. The number of pyridine rings is 1. The van der Waals surface area contributed by atoms with Crippen LogP contribution in [0.25, 0.3) is 5.65 Å². The van der Waals surface area contributed by atoms with Gasteiger partial charge in [-0.2, -0.15) is 0 Å². The van der Waals surface area contributed by atoms with Crippen molar-refractivity contribution in [1.29, 1.82) is 0 Å². The van der Waals surface area contributed by atoms with E-state index in [1.807, 2.05) is 60.0 Å². The van der Waals surface area contributed by atoms with Gasteiger partial charge >= 0.3 is 0 Å². The molecule has 2 aromatic heterocycles. The molecule has 0 atom stereocenters. The molecule has 11 heteroatoms. The Morgan fingerprint density at radius 3 is 2.47 bits per heavy atom. The predicted molar refractivity (Wildman–Crippen MR) is 137 cm³/mol. The van der Waals surface area contributed by atoms with Gasteiger partial charge in [0.05, 0.1) is 18.8 Å². The second kappa shape index (κ2) is 12.1. The molecule has 9 nitrogen and oxygen atoms in total. The van der Waals surface area contributed by atoms with E-state index in [2.05, 4.69) is 30.5 Å². The zero-order valence-electron chi connectivity index (χ0n) is 18.4. The summed E-state index contributed by atoms with van der Waals surface area (Å²) in [5.74, 6) is 1.43. The predicted octanol–water partition coefficient (Wildman–Crippen LogP) is 2.43. The first kappa shape index (κ1) is 26.0. The normalized spacial score (nSPS) is 12.1. The molecule has 0 bridgehead atoms. The monoisotopic (exact) mass is 571 g/mol. The number of nitrogens with zero attached hydrogens (tertiary/aromatic N) is 4. The molecule has 0 amide bonds. The lowest BCUT2D eigenvalue weighted by Gasteiger charge is -2.11. The fourth-order valence-electron chi connectivity index (χ4n) is 3.05. The Bertz CT molecular complexity index is 1130. The van der Waals surface area contributed by atoms with Gasteiger partial charge in [0.15, 0.2) is 17.4 Å². The number of aromatic nitrogens is 3. The zero-order chi connectivity index (χ0) is 22.3. The molecule has 32 heavy (non-hydrogen) atoms. The van der Waals surface area contributed by atoms with Crippen molar-refractivity contribution in [3.05, 3.63) is 65.6 Å². The minimum Gasteiger partial charge on any atom is -0.357 e. The minimum absolute atomic E-state index is 0. The summed E-state index contributed by atoms with van der Waals surface area (Å²) in [5.41, 5.74) is 2.53. The van der Waals surface area contributed by atoms with Gasteiger partial charge in [0.2, 0.25) is 10.0 Å². The van der Waals surface area contributed by atoms with Crippen LogP contribution in [-0.2, 0) is 28.9 Å². The number of hydrogen-bond donors (Lipinski definition) is 3. The van der Waals surface area contributed by atoms with Crippen LogP contribution in [0.2, 0.25) is 0 Å². The molecular weight excluding hydrogens is 541 g/mol. The Morgan fingerprint density at radius 2 is 1.78 bits per heavy atom. The minimum atomic E-state index is -3.33. The van der Waals surface area contributed by atoms with Crippen LogP contribution in [-0.4, -0.2) is 41.6 Å². The zero-order valence-corrected chi connectivity index (χ0v) is 21.6. The fraction of sp³-hybridized carbons (Fsp3) is 0.381. The van der Waals surface area contributed by atoms with Gasteiger partial charge in [-0.15, -0.1) is 34.2 Å². The third-order valence-corrected chi connectivity index (χ3v) is 5.90. The van der Waals surface area contributed by atoms with Gasteiger partial charge in [0.25, 0.3) is 0 Å². The largest absolute Gasteiger partial charge is 0.357 e. The number of aliphatic imine (C=N–C) groups is 1. The summed E-state index contributed by atoms with van der Waals surface area (Å²) in [6.07, 6.45) is 1.93. The van der Waals surface area contributed by atoms with E-state index in [1.54, 1.807) is 13.8 Å². The topological polar surface area (TPSA) is 113 Å². The summed E-state index contributed by atoms with van der Waals surface area (Å²) in [7, 11) is -3.33. The molecule has 3 N–H and O–H groups in total. The third kappa shape index (κ3) is 7.71. The van der Waals surface area contributed by atoms with Crippen LogP contribution in [0.5, 0.6) is 0 Å². The Labute approximate surface area is 206 Å². The van der Waals surface area contributed by atoms with E-state index in [9.17, 15) is 8.42 Å². The lowest BCUT2D eigenvalue weighted by molar-refractivity contribution is 0.569. The molecule has 174 valence electrons. The molecule has 0 saturated heterocycles. The van der Waals surface area contributed by atoms with Gasteiger partial charge in [-0.05, 0) is 44.0 Å². The molecular formula is C21H30IN7O2S. The summed E-state index contributed by atoms with van der Waals surface area (Å²) in [5, 5.41) is 14.9. The van der Waals surface area contributed by atoms with Crippen molar-refractivity contribution in [2.24, 2.45) is 4.99 Å². The smallest absolute Gasteiger partial charge is 0.216 e. The van der Waals surface area contributed by atoms with Crippen LogP contribution in [0, 0.1) is 0 Å². The highest BCUT2D eigenvalue weighted by molar-refractivity contribution is 14.0. The standard InChI is InChI=1S/C21H29N7O2S.HI/c1-4-22-21(24-14-20-26-25-19-7-5-6-12-28(19)20)23-13-17-8-10-18(11-9-17)15-31(29,30)27-16(2)3;/h5-12,16,27H,4,13-15H2,1-3H3,(H2,22,23,24);1H. The molecule has 0 fully saturated rings. The first-order valence-electron chi connectivity index (χ1n) is 10.2. The number of rotatable bonds is 9. The van der Waals surface area contributed by atoms with E-state index in [0.717, 1.165) is 29.1 Å². The maximum atomic E-state index is 12.1. The quantitative estimate of drug-likeness (QED) is 0.207. The highest BCUT2D eigenvalue weighted by Crippen LogP contribution is 2.09. The third-order valence-electron chi connectivity index (χ3n) is 4.36. The van der Waals surface area contributed by atoms with Crippen LogP contribution < -0.4 is 15.4 Å². The lowest BCUT2D eigenvalue weighted by atomic mass is 10.1. The van der Waals surface area contributed by atoms with E-state index in [4.69, 9.17) is 0 Å². The van der Waals surface area contributed by atoms with Crippen molar-refractivity contribution in [1.82, 2.24) is 30.0 Å². The Morgan fingerprint density at radius 1 is 1.06 bits per heavy atom. The van der Waals surface area contributed by atoms with Crippen LogP contribution in [0.4, 0.5) is 0 Å². The molecule has 0 aliphatic heterocycles. The Balaban J connectivity index is 0.00000363. The molecule has 1 aromatic carbocycles. The van der Waals surface area contributed by atoms with Gasteiger partial charge in [-0.1, -0.05) is 30.3 Å². The van der Waals surface area contributed by atoms with E-state index in [0.29, 0.717) is 19.0 Å². The Kier molecular flexibility index (Phi) is 9.84. The van der Waals surface area contributed by atoms with E-state index < -0.39 is 10.0 Å². The molecule has 0 aliphatic carbocycles. The van der Waals surface area contributed by atoms with Gasteiger partial charge in [0, 0.05) is 18.8 Å². The lowest BCUT2D eigenvalue weighted by Crippen LogP contribution is -2.37. The van der Waals surface area contributed by atoms with Crippen LogP contribution >= 0.6 is 24.0 Å². The molecule has 2 heterocycles. The molecule has 0 saturated carbocycles. The van der Waals surface area contributed by atoms with Crippen molar-refractivity contribution in [3.8, 4) is 0 Å². The summed E-state index contributed by atoms with van der Waals surface area (Å²) in [4.78, 5) is 4.61. The van der Waals surface area contributed by atoms with E-state index in [-0.39, 0.29) is 35.8 Å². The van der Waals surface area contributed by atoms with Gasteiger partial charge in [-0.25, -0.2) is 18.1 Å². The van der Waals surface area contributed by atoms with Crippen molar-refractivity contribution in [3.63, 3.8) is 0 Å². The second-order valence-electron chi connectivity index (χ2n) is 7.44. The molecule has 0 radical (unpaired) electrons. The molecule has 0 spiro atoms. The van der Waals surface area contributed by atoms with Gasteiger partial charge in [0.1, 0.15) is 0 Å². The number of halogens is 1. The number of guanidine groups is 1. The molecule has 0 aliphatic rings.